The van der Waals surface area contributed by atoms with Crippen LogP contribution in [0, 0.1) is 5.41 Å². The predicted octanol–water partition coefficient (Wildman–Crippen LogP) is 4.20. The lowest BCUT2D eigenvalue weighted by Gasteiger charge is -2.28. The van der Waals surface area contributed by atoms with Crippen LogP contribution in [0.5, 0.6) is 0 Å². The van der Waals surface area contributed by atoms with Gasteiger partial charge in [0.05, 0.1) is 12.5 Å². The zero-order valence-electron chi connectivity index (χ0n) is 14.8. The van der Waals surface area contributed by atoms with E-state index in [1.165, 1.54) is 23.8 Å². The van der Waals surface area contributed by atoms with Gasteiger partial charge in [-0.05, 0) is 42.9 Å². The number of benzene rings is 2. The molecule has 0 heterocycles. The maximum atomic E-state index is 12.0. The molecule has 0 spiro atoms. The highest BCUT2D eigenvalue weighted by Gasteiger charge is 2.34. The number of esters is 1. The zero-order chi connectivity index (χ0) is 17.6. The fourth-order valence-electron chi connectivity index (χ4n) is 3.04. The van der Waals surface area contributed by atoms with Gasteiger partial charge >= 0.3 is 5.97 Å². The summed E-state index contributed by atoms with van der Waals surface area (Å²) in [5.74, 6) is -0.181. The Hall–Kier alpha value is -2.13. The molecule has 2 rings (SSSR count). The minimum Gasteiger partial charge on any atom is -0.469 e. The molecule has 0 fully saturated rings. The van der Waals surface area contributed by atoms with E-state index in [-0.39, 0.29) is 12.0 Å². The highest BCUT2D eigenvalue weighted by Crippen LogP contribution is 2.29. The molecule has 2 N–H and O–H groups in total. The molecule has 2 aromatic carbocycles. The first-order valence-electron chi connectivity index (χ1n) is 8.47. The van der Waals surface area contributed by atoms with Crippen LogP contribution in [-0.2, 0) is 16.0 Å². The summed E-state index contributed by atoms with van der Waals surface area (Å²) in [7, 11) is 1.43. The molecular formula is C21H27NO2. The molecule has 128 valence electrons. The Bertz CT molecular complexity index is 651. The van der Waals surface area contributed by atoms with Crippen molar-refractivity contribution in [1.29, 1.82) is 0 Å². The Morgan fingerprint density at radius 3 is 2.21 bits per heavy atom. The first kappa shape index (κ1) is 18.2. The lowest BCUT2D eigenvalue weighted by molar-refractivity contribution is -0.152. The van der Waals surface area contributed by atoms with Crippen LogP contribution < -0.4 is 5.73 Å². The maximum Gasteiger partial charge on any atom is 0.311 e. The lowest BCUT2D eigenvalue weighted by atomic mass is 9.80. The molecule has 3 heteroatoms. The van der Waals surface area contributed by atoms with E-state index in [4.69, 9.17) is 10.5 Å². The number of hydrogen-bond acceptors (Lipinski definition) is 3. The summed E-state index contributed by atoms with van der Waals surface area (Å²) >= 11 is 0. The molecular weight excluding hydrogens is 298 g/mol. The van der Waals surface area contributed by atoms with E-state index in [0.29, 0.717) is 6.42 Å². The Labute approximate surface area is 144 Å². The Balaban J connectivity index is 2.02. The molecule has 0 aromatic heterocycles. The third kappa shape index (κ3) is 4.45. The van der Waals surface area contributed by atoms with Gasteiger partial charge in [-0.2, -0.15) is 0 Å². The highest BCUT2D eigenvalue weighted by atomic mass is 16.5. The smallest absolute Gasteiger partial charge is 0.311 e. The average molecular weight is 325 g/mol. The fraction of sp³-hybridized carbons (Fsp3) is 0.381. The van der Waals surface area contributed by atoms with E-state index in [0.717, 1.165) is 12.8 Å². The predicted molar refractivity (Wildman–Crippen MR) is 98.6 cm³/mol. The van der Waals surface area contributed by atoms with Crippen LogP contribution in [0.2, 0.25) is 0 Å². The molecule has 0 unspecified atom stereocenters. The van der Waals surface area contributed by atoms with Crippen molar-refractivity contribution in [2.24, 2.45) is 11.1 Å². The lowest BCUT2D eigenvalue weighted by Crippen LogP contribution is -2.37. The number of carbonyl (C=O) groups excluding carboxylic acids is 1. The third-order valence-electron chi connectivity index (χ3n) is 4.73. The molecule has 24 heavy (non-hydrogen) atoms. The van der Waals surface area contributed by atoms with Gasteiger partial charge in [0.25, 0.3) is 0 Å². The van der Waals surface area contributed by atoms with Crippen molar-refractivity contribution < 1.29 is 9.53 Å². The molecule has 0 saturated heterocycles. The number of methoxy groups -OCH3 is 1. The molecule has 0 aliphatic heterocycles. The molecule has 2 aromatic rings. The van der Waals surface area contributed by atoms with Crippen LogP contribution >= 0.6 is 0 Å². The van der Waals surface area contributed by atoms with Crippen LogP contribution in [0.3, 0.4) is 0 Å². The van der Waals surface area contributed by atoms with E-state index in [9.17, 15) is 4.79 Å². The summed E-state index contributed by atoms with van der Waals surface area (Å²) in [5, 5.41) is 0. The number of hydrogen-bond donors (Lipinski definition) is 1. The summed E-state index contributed by atoms with van der Waals surface area (Å²) in [4.78, 5) is 12.0. The topological polar surface area (TPSA) is 52.3 Å². The van der Waals surface area contributed by atoms with Gasteiger partial charge in [0.15, 0.2) is 0 Å². The third-order valence-corrected chi connectivity index (χ3v) is 4.73. The second-order valence-corrected chi connectivity index (χ2v) is 6.64. The van der Waals surface area contributed by atoms with Crippen LogP contribution in [0.1, 0.15) is 32.3 Å². The Morgan fingerprint density at radius 2 is 1.67 bits per heavy atom. The number of rotatable bonds is 7. The maximum absolute atomic E-state index is 12.0. The zero-order valence-corrected chi connectivity index (χ0v) is 14.8. The van der Waals surface area contributed by atoms with E-state index in [1.807, 2.05) is 32.0 Å². The van der Waals surface area contributed by atoms with Crippen LogP contribution in [0.25, 0.3) is 11.1 Å². The minimum absolute atomic E-state index is 0.0726. The van der Waals surface area contributed by atoms with Crippen LogP contribution in [0.15, 0.2) is 54.6 Å². The van der Waals surface area contributed by atoms with Crippen LogP contribution in [0.4, 0.5) is 0 Å². The first-order chi connectivity index (χ1) is 11.5. The molecule has 0 aliphatic carbocycles. The van der Waals surface area contributed by atoms with Gasteiger partial charge < -0.3 is 10.5 Å². The quantitative estimate of drug-likeness (QED) is 0.776. The minimum atomic E-state index is -0.516. The molecule has 0 aliphatic rings. The summed E-state index contributed by atoms with van der Waals surface area (Å²) in [6.07, 6.45) is 2.10. The second-order valence-electron chi connectivity index (χ2n) is 6.64. The van der Waals surface area contributed by atoms with Crippen molar-refractivity contribution >= 4 is 5.97 Å². The van der Waals surface area contributed by atoms with E-state index in [2.05, 4.69) is 36.4 Å². The normalized spacial score (nSPS) is 14.7. The van der Waals surface area contributed by atoms with Crippen molar-refractivity contribution in [1.82, 2.24) is 0 Å². The molecule has 0 amide bonds. The number of ether oxygens (including phenoxy) is 1. The van der Waals surface area contributed by atoms with Gasteiger partial charge in [0.2, 0.25) is 0 Å². The summed E-state index contributed by atoms with van der Waals surface area (Å²) in [5.41, 5.74) is 9.37. The van der Waals surface area contributed by atoms with Crippen molar-refractivity contribution in [3.63, 3.8) is 0 Å². The number of nitrogens with two attached hydrogens (primary N) is 1. The molecule has 2 atom stereocenters. The highest BCUT2D eigenvalue weighted by molar-refractivity contribution is 5.76. The van der Waals surface area contributed by atoms with Gasteiger partial charge in [-0.25, -0.2) is 0 Å². The van der Waals surface area contributed by atoms with Crippen molar-refractivity contribution in [3.8, 4) is 11.1 Å². The summed E-state index contributed by atoms with van der Waals surface area (Å²) < 4.78 is 4.93. The Morgan fingerprint density at radius 1 is 1.08 bits per heavy atom. The molecule has 0 radical (unpaired) electrons. The summed E-state index contributed by atoms with van der Waals surface area (Å²) in [6, 6.07) is 18.7. The van der Waals surface area contributed by atoms with Crippen LogP contribution in [-0.4, -0.2) is 19.1 Å². The standard InChI is InChI=1S/C21H27NO2/c1-4-21(2,20(23)24-3)15-19(22)14-16-10-12-18(13-11-16)17-8-6-5-7-9-17/h5-13,19H,4,14-15,22H2,1-3H3/t19-,21-/m1/s1. The molecule has 0 bridgehead atoms. The SMILES string of the molecule is CC[C@](C)(C[C@H](N)Cc1ccc(-c2ccccc2)cc1)C(=O)OC. The first-order valence-corrected chi connectivity index (χ1v) is 8.47. The van der Waals surface area contributed by atoms with E-state index >= 15 is 0 Å². The Kier molecular flexibility index (Phi) is 6.16. The van der Waals surface area contributed by atoms with E-state index in [1.54, 1.807) is 0 Å². The van der Waals surface area contributed by atoms with E-state index < -0.39 is 5.41 Å². The monoisotopic (exact) mass is 325 g/mol. The second kappa shape index (κ2) is 8.11. The largest absolute Gasteiger partial charge is 0.469 e. The molecule has 0 saturated carbocycles. The van der Waals surface area contributed by atoms with Crippen molar-refractivity contribution in [2.45, 2.75) is 39.2 Å². The molecule has 3 nitrogen and oxygen atoms in total. The van der Waals surface area contributed by atoms with Gasteiger partial charge in [-0.15, -0.1) is 0 Å². The van der Waals surface area contributed by atoms with Crippen molar-refractivity contribution in [3.05, 3.63) is 60.2 Å². The fourth-order valence-corrected chi connectivity index (χ4v) is 3.04. The van der Waals surface area contributed by atoms with Gasteiger partial charge in [0.1, 0.15) is 0 Å². The van der Waals surface area contributed by atoms with Gasteiger partial charge in [-0.3, -0.25) is 4.79 Å². The van der Waals surface area contributed by atoms with Gasteiger partial charge in [-0.1, -0.05) is 61.5 Å². The summed E-state index contributed by atoms with van der Waals surface area (Å²) in [6.45, 7) is 3.93. The van der Waals surface area contributed by atoms with Crippen molar-refractivity contribution in [2.75, 3.05) is 7.11 Å². The average Bonchev–Trinajstić information content (AvgIpc) is 2.62. The number of carbonyl (C=O) groups is 1. The van der Waals surface area contributed by atoms with Gasteiger partial charge in [0, 0.05) is 6.04 Å².